The molecule has 0 spiro atoms. The number of methoxy groups -OCH3 is 1. The van der Waals surface area contributed by atoms with Gasteiger partial charge in [0, 0.05) is 50.9 Å². The molecule has 40 heavy (non-hydrogen) atoms. The van der Waals surface area contributed by atoms with Gasteiger partial charge in [0.2, 0.25) is 15.9 Å². The first-order chi connectivity index (χ1) is 19.1. The molecule has 5 rings (SSSR count). The summed E-state index contributed by atoms with van der Waals surface area (Å²) in [6.45, 7) is 9.44. The van der Waals surface area contributed by atoms with Crippen LogP contribution in [0.4, 0.5) is 5.69 Å². The fraction of sp³-hybridized carbons (Fsp3) is 0.406. The van der Waals surface area contributed by atoms with Gasteiger partial charge >= 0.3 is 0 Å². The summed E-state index contributed by atoms with van der Waals surface area (Å²) in [5.74, 6) is 0.218. The average molecular weight is 562 g/mol. The molecule has 2 unspecified atom stereocenters. The highest BCUT2D eigenvalue weighted by atomic mass is 32.2. The van der Waals surface area contributed by atoms with E-state index >= 15 is 0 Å². The monoisotopic (exact) mass is 561 g/mol. The third-order valence-electron chi connectivity index (χ3n) is 8.22. The molecule has 0 saturated carbocycles. The van der Waals surface area contributed by atoms with Gasteiger partial charge in [-0.15, -0.1) is 0 Å². The lowest BCUT2D eigenvalue weighted by Crippen LogP contribution is -2.51. The lowest BCUT2D eigenvalue weighted by Gasteiger charge is -2.38. The number of benzene rings is 3. The number of amides is 1. The molecule has 212 valence electrons. The van der Waals surface area contributed by atoms with E-state index in [1.165, 1.54) is 4.31 Å². The molecule has 1 amide bonds. The molecule has 0 bridgehead atoms. The van der Waals surface area contributed by atoms with Gasteiger partial charge in [0.15, 0.2) is 0 Å². The van der Waals surface area contributed by atoms with Crippen LogP contribution in [-0.2, 0) is 20.2 Å². The second-order valence-electron chi connectivity index (χ2n) is 11.7. The number of hydrogen-bond acceptors (Lipinski definition) is 5. The number of anilines is 1. The number of carbonyl (C=O) groups excluding carboxylic acids is 1. The molecule has 3 aromatic rings. The Morgan fingerprint density at radius 3 is 2.02 bits per heavy atom. The van der Waals surface area contributed by atoms with Gasteiger partial charge in [0.05, 0.1) is 17.9 Å². The number of ether oxygens (including phenoxy) is 1. The van der Waals surface area contributed by atoms with E-state index in [0.717, 1.165) is 35.7 Å². The van der Waals surface area contributed by atoms with Gasteiger partial charge in [-0.05, 0) is 52.9 Å². The van der Waals surface area contributed by atoms with Crippen LogP contribution in [0.2, 0.25) is 0 Å². The molecule has 2 aliphatic rings. The number of carbonyl (C=O) groups is 1. The lowest BCUT2D eigenvalue weighted by molar-refractivity contribution is -0.135. The van der Waals surface area contributed by atoms with Crippen LogP contribution in [0.25, 0.3) is 0 Å². The molecular formula is C32H39N3O4S. The predicted octanol–water partition coefficient (Wildman–Crippen LogP) is 4.75. The minimum absolute atomic E-state index is 0.0315. The summed E-state index contributed by atoms with van der Waals surface area (Å²) in [7, 11) is -2.09. The minimum Gasteiger partial charge on any atom is -0.497 e. The molecule has 2 aliphatic heterocycles. The van der Waals surface area contributed by atoms with Crippen molar-refractivity contribution in [3.05, 3.63) is 90.0 Å². The van der Waals surface area contributed by atoms with Crippen LogP contribution in [0.3, 0.4) is 0 Å². The van der Waals surface area contributed by atoms with E-state index in [-0.39, 0.29) is 35.2 Å². The van der Waals surface area contributed by atoms with Crippen LogP contribution in [0.5, 0.6) is 5.75 Å². The quantitative estimate of drug-likeness (QED) is 0.435. The van der Waals surface area contributed by atoms with Gasteiger partial charge in [0.25, 0.3) is 0 Å². The van der Waals surface area contributed by atoms with Gasteiger partial charge in [-0.2, -0.15) is 4.31 Å². The highest BCUT2D eigenvalue weighted by molar-refractivity contribution is 7.89. The zero-order valence-corrected chi connectivity index (χ0v) is 24.6. The van der Waals surface area contributed by atoms with E-state index in [0.29, 0.717) is 13.1 Å². The second kappa shape index (κ2) is 11.3. The summed E-state index contributed by atoms with van der Waals surface area (Å²) in [6, 6.07) is 25.0. The summed E-state index contributed by atoms with van der Waals surface area (Å²) >= 11 is 0. The molecule has 0 aliphatic carbocycles. The third kappa shape index (κ3) is 5.74. The van der Waals surface area contributed by atoms with Crippen LogP contribution in [0, 0.1) is 5.92 Å². The molecule has 8 heteroatoms. The first-order valence-corrected chi connectivity index (χ1v) is 15.4. The maximum Gasteiger partial charge on any atom is 0.243 e. The number of nitrogens with zero attached hydrogens (tertiary/aromatic N) is 3. The number of hydrogen-bond donors (Lipinski definition) is 0. The lowest BCUT2D eigenvalue weighted by atomic mass is 9.87. The van der Waals surface area contributed by atoms with E-state index in [1.807, 2.05) is 71.6 Å². The Balaban J connectivity index is 1.33. The predicted molar refractivity (Wildman–Crippen MR) is 158 cm³/mol. The van der Waals surface area contributed by atoms with Gasteiger partial charge in [0.1, 0.15) is 5.75 Å². The summed E-state index contributed by atoms with van der Waals surface area (Å²) < 4.78 is 34.3. The molecule has 2 heterocycles. The Labute approximate surface area is 238 Å². The topological polar surface area (TPSA) is 70.2 Å². The normalized spacial score (nSPS) is 20.5. The largest absolute Gasteiger partial charge is 0.497 e. The van der Waals surface area contributed by atoms with Gasteiger partial charge in [-0.25, -0.2) is 8.42 Å². The molecule has 2 atom stereocenters. The fourth-order valence-electron chi connectivity index (χ4n) is 5.74. The minimum atomic E-state index is -3.75. The van der Waals surface area contributed by atoms with Crippen molar-refractivity contribution in [2.75, 3.05) is 51.3 Å². The van der Waals surface area contributed by atoms with Crippen LogP contribution in [0.1, 0.15) is 37.8 Å². The molecule has 0 radical (unpaired) electrons. The Hall–Kier alpha value is -3.36. The summed E-state index contributed by atoms with van der Waals surface area (Å²) in [5.41, 5.74) is 3.12. The molecular weight excluding hydrogens is 522 g/mol. The van der Waals surface area contributed by atoms with E-state index in [1.54, 1.807) is 19.2 Å². The number of rotatable bonds is 6. The van der Waals surface area contributed by atoms with Crippen LogP contribution < -0.4 is 9.64 Å². The standard InChI is InChI=1S/C32H39N3O4S/c1-32(2,3)25-10-16-28(17-11-25)40(37,38)35-22-29(24-8-6-5-7-9-24)30(23-35)31(36)34-20-18-33(19-21-34)26-12-14-27(39-4)15-13-26/h5-17,29-30H,18-23H2,1-4H3. The Morgan fingerprint density at radius 1 is 0.825 bits per heavy atom. The Bertz CT molecular complexity index is 1410. The summed E-state index contributed by atoms with van der Waals surface area (Å²) in [5, 5.41) is 0. The van der Waals surface area contributed by atoms with Gasteiger partial charge in [-0.3, -0.25) is 4.79 Å². The molecule has 2 saturated heterocycles. The average Bonchev–Trinajstić information content (AvgIpc) is 3.44. The van der Waals surface area contributed by atoms with Crippen LogP contribution in [-0.4, -0.2) is 69.9 Å². The van der Waals surface area contributed by atoms with Crippen molar-refractivity contribution in [2.24, 2.45) is 5.92 Å². The van der Waals surface area contributed by atoms with E-state index < -0.39 is 15.9 Å². The van der Waals surface area contributed by atoms with E-state index in [2.05, 4.69) is 25.7 Å². The highest BCUT2D eigenvalue weighted by Crippen LogP contribution is 2.37. The highest BCUT2D eigenvalue weighted by Gasteiger charge is 2.45. The Morgan fingerprint density at radius 2 is 1.45 bits per heavy atom. The number of sulfonamides is 1. The van der Waals surface area contributed by atoms with Crippen molar-refractivity contribution in [1.82, 2.24) is 9.21 Å². The molecule has 0 N–H and O–H groups in total. The Kier molecular flexibility index (Phi) is 7.93. The van der Waals surface area contributed by atoms with Gasteiger partial charge < -0.3 is 14.5 Å². The van der Waals surface area contributed by atoms with Crippen molar-refractivity contribution < 1.29 is 17.9 Å². The van der Waals surface area contributed by atoms with Crippen LogP contribution in [0.15, 0.2) is 83.8 Å². The molecule has 0 aromatic heterocycles. The zero-order chi connectivity index (χ0) is 28.5. The summed E-state index contributed by atoms with van der Waals surface area (Å²) in [4.78, 5) is 18.4. The number of piperazine rings is 1. The van der Waals surface area contributed by atoms with E-state index in [4.69, 9.17) is 4.74 Å². The van der Waals surface area contributed by atoms with Crippen molar-refractivity contribution >= 4 is 21.6 Å². The second-order valence-corrected chi connectivity index (χ2v) is 13.7. The van der Waals surface area contributed by atoms with Gasteiger partial charge in [-0.1, -0.05) is 63.2 Å². The summed E-state index contributed by atoms with van der Waals surface area (Å²) in [6.07, 6.45) is 0. The third-order valence-corrected chi connectivity index (χ3v) is 10.1. The van der Waals surface area contributed by atoms with Crippen molar-refractivity contribution in [1.29, 1.82) is 0 Å². The zero-order valence-electron chi connectivity index (χ0n) is 23.8. The molecule has 7 nitrogen and oxygen atoms in total. The molecule has 2 fully saturated rings. The van der Waals surface area contributed by atoms with E-state index in [9.17, 15) is 13.2 Å². The maximum atomic E-state index is 13.9. The SMILES string of the molecule is COc1ccc(N2CCN(C(=O)C3CN(S(=O)(=O)c4ccc(C(C)(C)C)cc4)CC3c3ccccc3)CC2)cc1. The van der Waals surface area contributed by atoms with Crippen LogP contribution >= 0.6 is 0 Å². The first kappa shape index (κ1) is 28.2. The fourth-order valence-corrected chi connectivity index (χ4v) is 7.23. The maximum absolute atomic E-state index is 13.9. The van der Waals surface area contributed by atoms with Crippen molar-refractivity contribution in [2.45, 2.75) is 37.0 Å². The molecule has 3 aromatic carbocycles. The first-order valence-electron chi connectivity index (χ1n) is 13.9. The van der Waals surface area contributed by atoms with Crippen molar-refractivity contribution in [3.8, 4) is 5.75 Å². The smallest absolute Gasteiger partial charge is 0.243 e. The van der Waals surface area contributed by atoms with Crippen molar-refractivity contribution in [3.63, 3.8) is 0 Å².